The molecule has 2 aromatic heterocycles. The minimum absolute atomic E-state index is 0.0443. The first-order chi connectivity index (χ1) is 12.8. The average Bonchev–Trinajstić information content (AvgIpc) is 3.03. The predicted octanol–water partition coefficient (Wildman–Crippen LogP) is 1.35. The van der Waals surface area contributed by atoms with E-state index >= 15 is 0 Å². The van der Waals surface area contributed by atoms with Crippen LogP contribution >= 0.6 is 0 Å². The largest absolute Gasteiger partial charge is 0.332 e. The normalized spacial score (nSPS) is 19.5. The first kappa shape index (κ1) is 19.5. The number of Topliss-reactive ketones (excluding diaryl/α,β-unsaturated/α-hetero) is 1. The zero-order chi connectivity index (χ0) is 19.9. The number of aryl methyl sites for hydroxylation is 1. The predicted molar refractivity (Wildman–Crippen MR) is 104 cm³/mol. The smallest absolute Gasteiger partial charge is 0.311 e. The number of fused-ring (bicyclic) bond motifs is 1. The Balaban J connectivity index is 2.22. The van der Waals surface area contributed by atoms with Crippen LogP contribution in [0.15, 0.2) is 9.59 Å². The van der Waals surface area contributed by atoms with Gasteiger partial charge in [-0.1, -0.05) is 13.3 Å². The molecule has 27 heavy (non-hydrogen) atoms. The van der Waals surface area contributed by atoms with E-state index in [4.69, 9.17) is 0 Å². The molecule has 8 nitrogen and oxygen atoms in total. The van der Waals surface area contributed by atoms with Crippen molar-refractivity contribution in [3.8, 4) is 0 Å². The zero-order valence-corrected chi connectivity index (χ0v) is 16.9. The van der Waals surface area contributed by atoms with Gasteiger partial charge in [-0.3, -0.25) is 23.6 Å². The monoisotopic (exact) mass is 375 g/mol. The van der Waals surface area contributed by atoms with Crippen LogP contribution in [0.3, 0.4) is 0 Å². The molecule has 3 rings (SSSR count). The molecule has 2 aromatic rings. The van der Waals surface area contributed by atoms with Gasteiger partial charge in [-0.2, -0.15) is 0 Å². The highest BCUT2D eigenvalue weighted by atomic mass is 16.2. The summed E-state index contributed by atoms with van der Waals surface area (Å²) in [6.07, 6.45) is 4.57. The molecule has 1 aliphatic rings. The first-order valence-corrected chi connectivity index (χ1v) is 9.69. The van der Waals surface area contributed by atoms with Crippen LogP contribution in [-0.2, 0) is 25.4 Å². The van der Waals surface area contributed by atoms with Crippen molar-refractivity contribution in [2.24, 2.45) is 14.1 Å². The summed E-state index contributed by atoms with van der Waals surface area (Å²) in [5, 5.41) is 0. The highest BCUT2D eigenvalue weighted by molar-refractivity contribution is 5.82. The number of hydrogen-bond donors (Lipinski definition) is 0. The molecule has 0 unspecified atom stereocenters. The van der Waals surface area contributed by atoms with Gasteiger partial charge in [-0.25, -0.2) is 9.78 Å². The number of hydrogen-bond acceptors (Lipinski definition) is 5. The van der Waals surface area contributed by atoms with Crippen LogP contribution in [0.2, 0.25) is 0 Å². The molecule has 0 N–H and O–H groups in total. The van der Waals surface area contributed by atoms with Gasteiger partial charge in [0.1, 0.15) is 5.82 Å². The van der Waals surface area contributed by atoms with Crippen molar-refractivity contribution >= 4 is 16.9 Å². The summed E-state index contributed by atoms with van der Waals surface area (Å²) in [4.78, 5) is 44.4. The number of carbonyl (C=O) groups is 1. The van der Waals surface area contributed by atoms with Crippen molar-refractivity contribution < 1.29 is 4.79 Å². The van der Waals surface area contributed by atoms with Gasteiger partial charge < -0.3 is 4.57 Å². The van der Waals surface area contributed by atoms with Crippen LogP contribution in [0.5, 0.6) is 0 Å². The summed E-state index contributed by atoms with van der Waals surface area (Å²) >= 11 is 0. The molecule has 1 fully saturated rings. The molecule has 0 amide bonds. The second kappa shape index (κ2) is 7.42. The van der Waals surface area contributed by atoms with Gasteiger partial charge in [-0.15, -0.1) is 0 Å². The summed E-state index contributed by atoms with van der Waals surface area (Å²) < 4.78 is 4.20. The second-order valence-electron chi connectivity index (χ2n) is 7.59. The van der Waals surface area contributed by atoms with Gasteiger partial charge in [0.25, 0.3) is 5.56 Å². The fourth-order valence-corrected chi connectivity index (χ4v) is 4.08. The van der Waals surface area contributed by atoms with E-state index in [9.17, 15) is 14.4 Å². The molecule has 8 heteroatoms. The Morgan fingerprint density at radius 1 is 1.22 bits per heavy atom. The molecule has 2 atom stereocenters. The molecule has 0 aromatic carbocycles. The first-order valence-electron chi connectivity index (χ1n) is 9.69. The summed E-state index contributed by atoms with van der Waals surface area (Å²) in [6.45, 7) is 7.03. The molecule has 148 valence electrons. The SMILES string of the molecule is CC[C@@H]1CCCCN1Cc1nc2c(c(=O)n(C)c(=O)n2C)n1[C@@H](C)C(C)=O. The molecule has 0 spiro atoms. The Morgan fingerprint density at radius 2 is 1.93 bits per heavy atom. The third kappa shape index (κ3) is 3.26. The van der Waals surface area contributed by atoms with Crippen molar-refractivity contribution in [2.75, 3.05) is 6.54 Å². The van der Waals surface area contributed by atoms with E-state index in [-0.39, 0.29) is 5.78 Å². The number of rotatable bonds is 5. The molecule has 0 bridgehead atoms. The second-order valence-corrected chi connectivity index (χ2v) is 7.59. The highest BCUT2D eigenvalue weighted by Gasteiger charge is 2.28. The van der Waals surface area contributed by atoms with Crippen molar-refractivity contribution in [3.63, 3.8) is 0 Å². The molecule has 0 radical (unpaired) electrons. The van der Waals surface area contributed by atoms with Gasteiger partial charge >= 0.3 is 5.69 Å². The Kier molecular flexibility index (Phi) is 5.37. The van der Waals surface area contributed by atoms with E-state index in [0.29, 0.717) is 29.6 Å². The topological polar surface area (TPSA) is 82.1 Å². The zero-order valence-electron chi connectivity index (χ0n) is 16.9. The lowest BCUT2D eigenvalue weighted by atomic mass is 10.00. The lowest BCUT2D eigenvalue weighted by Crippen LogP contribution is -2.39. The van der Waals surface area contributed by atoms with Crippen molar-refractivity contribution in [3.05, 3.63) is 26.7 Å². The molecular weight excluding hydrogens is 346 g/mol. The molecular formula is C19H29N5O3. The fourth-order valence-electron chi connectivity index (χ4n) is 4.08. The molecule has 1 aliphatic heterocycles. The standard InChI is InChI=1S/C19H29N5O3/c1-6-14-9-7-8-10-23(14)11-15-20-17-16(24(15)12(2)13(3)25)18(26)22(5)19(27)21(17)4/h12,14H,6-11H2,1-5H3/t12-,14+/m0/s1. The molecule has 1 saturated heterocycles. The highest BCUT2D eigenvalue weighted by Crippen LogP contribution is 2.24. The molecule has 0 saturated carbocycles. The number of likely N-dealkylation sites (tertiary alicyclic amines) is 1. The maximum Gasteiger partial charge on any atom is 0.332 e. The summed E-state index contributed by atoms with van der Waals surface area (Å²) in [5.41, 5.74) is -0.159. The Morgan fingerprint density at radius 3 is 2.56 bits per heavy atom. The van der Waals surface area contributed by atoms with Crippen molar-refractivity contribution in [1.29, 1.82) is 0 Å². The Bertz CT molecular complexity index is 984. The third-order valence-corrected chi connectivity index (χ3v) is 5.90. The number of carbonyl (C=O) groups excluding carboxylic acids is 1. The van der Waals surface area contributed by atoms with Gasteiger partial charge in [0.2, 0.25) is 0 Å². The number of aromatic nitrogens is 4. The lowest BCUT2D eigenvalue weighted by molar-refractivity contribution is -0.119. The summed E-state index contributed by atoms with van der Waals surface area (Å²) in [7, 11) is 3.07. The average molecular weight is 375 g/mol. The van der Waals surface area contributed by atoms with Gasteiger partial charge in [-0.05, 0) is 39.7 Å². The fraction of sp³-hybridized carbons (Fsp3) is 0.684. The van der Waals surface area contributed by atoms with Crippen LogP contribution in [0.4, 0.5) is 0 Å². The minimum Gasteiger partial charge on any atom is -0.311 e. The van der Waals surface area contributed by atoms with E-state index in [0.717, 1.165) is 30.4 Å². The summed E-state index contributed by atoms with van der Waals surface area (Å²) in [6, 6.07) is -0.0358. The van der Waals surface area contributed by atoms with E-state index in [2.05, 4.69) is 16.8 Å². The summed E-state index contributed by atoms with van der Waals surface area (Å²) in [5.74, 6) is 0.628. The maximum atomic E-state index is 12.8. The van der Waals surface area contributed by atoms with Gasteiger partial charge in [0.15, 0.2) is 16.9 Å². The van der Waals surface area contributed by atoms with Crippen LogP contribution < -0.4 is 11.2 Å². The van der Waals surface area contributed by atoms with Gasteiger partial charge in [0, 0.05) is 20.1 Å². The number of imidazole rings is 1. The van der Waals surface area contributed by atoms with E-state index < -0.39 is 17.3 Å². The number of piperidine rings is 1. The van der Waals surface area contributed by atoms with Gasteiger partial charge in [0.05, 0.1) is 12.6 Å². The molecule has 3 heterocycles. The maximum absolute atomic E-state index is 12.8. The van der Waals surface area contributed by atoms with Crippen molar-refractivity contribution in [2.45, 2.75) is 65.1 Å². The lowest BCUT2D eigenvalue weighted by Gasteiger charge is -2.35. The van der Waals surface area contributed by atoms with Crippen LogP contribution in [0.1, 0.15) is 58.3 Å². The van der Waals surface area contributed by atoms with Crippen molar-refractivity contribution in [1.82, 2.24) is 23.6 Å². The number of ketones is 1. The third-order valence-electron chi connectivity index (χ3n) is 5.90. The quantitative estimate of drug-likeness (QED) is 0.788. The van der Waals surface area contributed by atoms with E-state index in [1.807, 2.05) is 0 Å². The molecule has 0 aliphatic carbocycles. The Labute approximate surface area is 158 Å². The van der Waals surface area contributed by atoms with E-state index in [1.165, 1.54) is 25.0 Å². The number of nitrogens with zero attached hydrogens (tertiary/aromatic N) is 5. The Hall–Kier alpha value is -2.22. The van der Waals surface area contributed by atoms with Crippen LogP contribution in [-0.4, -0.2) is 42.0 Å². The van der Waals surface area contributed by atoms with E-state index in [1.54, 1.807) is 18.5 Å². The van der Waals surface area contributed by atoms with Crippen LogP contribution in [0, 0.1) is 0 Å². The minimum atomic E-state index is -0.514. The van der Waals surface area contributed by atoms with Crippen LogP contribution in [0.25, 0.3) is 11.2 Å².